The van der Waals surface area contributed by atoms with Gasteiger partial charge in [0.15, 0.2) is 0 Å². The van der Waals surface area contributed by atoms with Gasteiger partial charge < -0.3 is 9.88 Å². The van der Waals surface area contributed by atoms with E-state index in [0.29, 0.717) is 6.04 Å². The molecule has 1 aliphatic rings. The summed E-state index contributed by atoms with van der Waals surface area (Å²) in [6.07, 6.45) is 8.79. The van der Waals surface area contributed by atoms with E-state index < -0.39 is 0 Å². The zero-order valence-electron chi connectivity index (χ0n) is 11.8. The van der Waals surface area contributed by atoms with Crippen LogP contribution < -0.4 is 5.32 Å². The lowest BCUT2D eigenvalue weighted by Crippen LogP contribution is -2.14. The topological polar surface area (TPSA) is 29.9 Å². The van der Waals surface area contributed by atoms with Crippen molar-refractivity contribution in [1.82, 2.24) is 9.55 Å². The summed E-state index contributed by atoms with van der Waals surface area (Å²) in [4.78, 5) is 4.65. The minimum Gasteiger partial charge on any atom is -0.326 e. The van der Waals surface area contributed by atoms with Crippen LogP contribution in [0.2, 0.25) is 0 Å². The van der Waals surface area contributed by atoms with Gasteiger partial charge in [-0.05, 0) is 66.6 Å². The number of aryl methyl sites for hydroxylation is 1. The Morgan fingerprint density at radius 1 is 1.15 bits per heavy atom. The predicted octanol–water partition coefficient (Wildman–Crippen LogP) is 5.04. The average molecular weight is 381 g/mol. The molecule has 1 aromatic carbocycles. The second kappa shape index (κ2) is 6.16. The maximum absolute atomic E-state index is 4.65. The third kappa shape index (κ3) is 3.16. The van der Waals surface area contributed by atoms with Crippen LogP contribution in [0, 0.1) is 10.5 Å². The third-order valence-electron chi connectivity index (χ3n) is 3.92. The van der Waals surface area contributed by atoms with E-state index in [1.807, 2.05) is 0 Å². The van der Waals surface area contributed by atoms with Crippen LogP contribution in [0.4, 0.5) is 11.6 Å². The maximum atomic E-state index is 4.65. The second-order valence-corrected chi connectivity index (χ2v) is 6.78. The molecule has 1 fully saturated rings. The molecule has 1 heterocycles. The van der Waals surface area contributed by atoms with Crippen molar-refractivity contribution in [3.63, 3.8) is 0 Å². The fourth-order valence-corrected chi connectivity index (χ4v) is 3.27. The standard InChI is InChI=1S/C16H20IN3/c1-12-11-20(15-5-3-2-4-6-15)16(18-12)19-14-9-7-13(17)8-10-14/h7-11,15H,2-6H2,1H3,(H,18,19). The Kier molecular flexibility index (Phi) is 4.29. The molecule has 1 aromatic heterocycles. The number of benzene rings is 1. The zero-order chi connectivity index (χ0) is 13.9. The highest BCUT2D eigenvalue weighted by molar-refractivity contribution is 14.1. The molecule has 1 aliphatic carbocycles. The van der Waals surface area contributed by atoms with Crippen molar-refractivity contribution >= 4 is 34.2 Å². The summed E-state index contributed by atoms with van der Waals surface area (Å²) in [6, 6.07) is 9.05. The average Bonchev–Trinajstić information content (AvgIpc) is 2.83. The zero-order valence-corrected chi connectivity index (χ0v) is 13.9. The SMILES string of the molecule is Cc1cn(C2CCCCC2)c(Nc2ccc(I)cc2)n1. The summed E-state index contributed by atoms with van der Waals surface area (Å²) < 4.78 is 3.59. The van der Waals surface area contributed by atoms with E-state index >= 15 is 0 Å². The van der Waals surface area contributed by atoms with Crippen molar-refractivity contribution in [2.75, 3.05) is 5.32 Å². The van der Waals surface area contributed by atoms with Gasteiger partial charge >= 0.3 is 0 Å². The molecule has 0 aliphatic heterocycles. The quantitative estimate of drug-likeness (QED) is 0.755. The molecule has 0 bridgehead atoms. The Morgan fingerprint density at radius 2 is 1.85 bits per heavy atom. The van der Waals surface area contributed by atoms with E-state index in [4.69, 9.17) is 0 Å². The molecule has 0 saturated heterocycles. The molecule has 0 radical (unpaired) electrons. The molecule has 0 atom stereocenters. The van der Waals surface area contributed by atoms with Crippen LogP contribution in [0.3, 0.4) is 0 Å². The van der Waals surface area contributed by atoms with Crippen LogP contribution in [-0.2, 0) is 0 Å². The van der Waals surface area contributed by atoms with Crippen molar-refractivity contribution in [3.05, 3.63) is 39.7 Å². The van der Waals surface area contributed by atoms with Crippen LogP contribution >= 0.6 is 22.6 Å². The molecule has 0 unspecified atom stereocenters. The Hall–Kier alpha value is -1.04. The van der Waals surface area contributed by atoms with Gasteiger partial charge in [-0.25, -0.2) is 4.98 Å². The number of rotatable bonds is 3. The fraction of sp³-hybridized carbons (Fsp3) is 0.438. The smallest absolute Gasteiger partial charge is 0.207 e. The molecule has 0 amide bonds. The molecule has 106 valence electrons. The van der Waals surface area contributed by atoms with Crippen LogP contribution in [0.15, 0.2) is 30.5 Å². The third-order valence-corrected chi connectivity index (χ3v) is 4.64. The highest BCUT2D eigenvalue weighted by Crippen LogP contribution is 2.31. The molecule has 3 rings (SSSR count). The fourth-order valence-electron chi connectivity index (χ4n) is 2.91. The number of halogens is 1. The number of imidazole rings is 1. The first-order chi connectivity index (χ1) is 9.72. The maximum Gasteiger partial charge on any atom is 0.207 e. The van der Waals surface area contributed by atoms with E-state index in [0.717, 1.165) is 17.3 Å². The molecule has 1 N–H and O–H groups in total. The summed E-state index contributed by atoms with van der Waals surface area (Å²) in [5, 5.41) is 3.47. The molecule has 1 saturated carbocycles. The molecule has 4 heteroatoms. The van der Waals surface area contributed by atoms with E-state index in [9.17, 15) is 0 Å². The van der Waals surface area contributed by atoms with Gasteiger partial charge in [-0.2, -0.15) is 0 Å². The number of hydrogen-bond donors (Lipinski definition) is 1. The van der Waals surface area contributed by atoms with E-state index in [2.05, 4.69) is 74.8 Å². The molecule has 0 spiro atoms. The monoisotopic (exact) mass is 381 g/mol. The van der Waals surface area contributed by atoms with Gasteiger partial charge in [0.05, 0.1) is 5.69 Å². The van der Waals surface area contributed by atoms with Crippen molar-refractivity contribution in [2.24, 2.45) is 0 Å². The number of nitrogens with zero attached hydrogens (tertiary/aromatic N) is 2. The minimum absolute atomic E-state index is 0.608. The van der Waals surface area contributed by atoms with Crippen LogP contribution in [0.1, 0.15) is 43.8 Å². The molecule has 20 heavy (non-hydrogen) atoms. The van der Waals surface area contributed by atoms with Crippen LogP contribution in [-0.4, -0.2) is 9.55 Å². The van der Waals surface area contributed by atoms with E-state index in [-0.39, 0.29) is 0 Å². The Labute approximate surface area is 133 Å². The Balaban J connectivity index is 1.83. The highest BCUT2D eigenvalue weighted by Gasteiger charge is 2.18. The van der Waals surface area contributed by atoms with E-state index in [1.165, 1.54) is 35.7 Å². The van der Waals surface area contributed by atoms with Gasteiger partial charge in [-0.15, -0.1) is 0 Å². The summed E-state index contributed by atoms with van der Waals surface area (Å²) in [5.74, 6) is 0.982. The minimum atomic E-state index is 0.608. The number of aromatic nitrogens is 2. The first kappa shape index (κ1) is 13.9. The number of hydrogen-bond acceptors (Lipinski definition) is 2. The number of nitrogens with one attached hydrogen (secondary N) is 1. The first-order valence-electron chi connectivity index (χ1n) is 7.30. The first-order valence-corrected chi connectivity index (χ1v) is 8.38. The van der Waals surface area contributed by atoms with Gasteiger partial charge in [0.25, 0.3) is 0 Å². The van der Waals surface area contributed by atoms with Crippen LogP contribution in [0.5, 0.6) is 0 Å². The van der Waals surface area contributed by atoms with E-state index in [1.54, 1.807) is 0 Å². The number of anilines is 2. The van der Waals surface area contributed by atoms with Gasteiger partial charge in [-0.1, -0.05) is 19.3 Å². The van der Waals surface area contributed by atoms with Crippen molar-refractivity contribution < 1.29 is 0 Å². The Morgan fingerprint density at radius 3 is 2.55 bits per heavy atom. The predicted molar refractivity (Wildman–Crippen MR) is 91.5 cm³/mol. The van der Waals surface area contributed by atoms with Crippen molar-refractivity contribution in [2.45, 2.75) is 45.1 Å². The summed E-state index contributed by atoms with van der Waals surface area (Å²) in [5.41, 5.74) is 2.19. The summed E-state index contributed by atoms with van der Waals surface area (Å²) >= 11 is 2.32. The van der Waals surface area contributed by atoms with Gasteiger partial charge in [0, 0.05) is 21.5 Å². The largest absolute Gasteiger partial charge is 0.326 e. The normalized spacial score (nSPS) is 16.3. The summed E-state index contributed by atoms with van der Waals surface area (Å²) in [6.45, 7) is 2.07. The lowest BCUT2D eigenvalue weighted by Gasteiger charge is -2.24. The van der Waals surface area contributed by atoms with Crippen molar-refractivity contribution in [3.8, 4) is 0 Å². The van der Waals surface area contributed by atoms with Gasteiger partial charge in [0.2, 0.25) is 5.95 Å². The second-order valence-electron chi connectivity index (χ2n) is 5.54. The molecular weight excluding hydrogens is 361 g/mol. The van der Waals surface area contributed by atoms with Gasteiger partial charge in [0.1, 0.15) is 0 Å². The lowest BCUT2D eigenvalue weighted by molar-refractivity contribution is 0.356. The Bertz CT molecular complexity index is 568. The molecular formula is C16H20IN3. The lowest BCUT2D eigenvalue weighted by atomic mass is 9.95. The molecule has 3 nitrogen and oxygen atoms in total. The summed E-state index contributed by atoms with van der Waals surface area (Å²) in [7, 11) is 0. The van der Waals surface area contributed by atoms with Crippen molar-refractivity contribution in [1.29, 1.82) is 0 Å². The van der Waals surface area contributed by atoms with Crippen LogP contribution in [0.25, 0.3) is 0 Å². The van der Waals surface area contributed by atoms with Gasteiger partial charge in [-0.3, -0.25) is 0 Å². The highest BCUT2D eigenvalue weighted by atomic mass is 127. The molecule has 2 aromatic rings.